The molecule has 0 aliphatic carbocycles. The van der Waals surface area contributed by atoms with E-state index in [1.165, 1.54) is 0 Å². The van der Waals surface area contributed by atoms with Gasteiger partial charge in [-0.05, 0) is 29.3 Å². The van der Waals surface area contributed by atoms with E-state index in [9.17, 15) is 5.26 Å². The Balaban J connectivity index is 2.30. The lowest BCUT2D eigenvalue weighted by Gasteiger charge is -2.03. The summed E-state index contributed by atoms with van der Waals surface area (Å²) in [4.78, 5) is 0. The third-order valence-electron chi connectivity index (χ3n) is 2.72. The molecule has 0 N–H and O–H groups in total. The molecular weight excluding hydrogens is 277 g/mol. The number of halogens is 2. The van der Waals surface area contributed by atoms with Crippen molar-refractivity contribution in [1.29, 1.82) is 5.26 Å². The molecule has 94 valence electrons. The fourth-order valence-electron chi connectivity index (χ4n) is 1.75. The highest BCUT2D eigenvalue weighted by Crippen LogP contribution is 2.22. The Bertz CT molecular complexity index is 654. The number of nitriles is 1. The van der Waals surface area contributed by atoms with Crippen LogP contribution in [-0.4, -0.2) is 0 Å². The number of hydrogen-bond acceptors (Lipinski definition) is 1. The van der Waals surface area contributed by atoms with Gasteiger partial charge in [0.05, 0.1) is 6.07 Å². The van der Waals surface area contributed by atoms with Gasteiger partial charge in [-0.1, -0.05) is 59.6 Å². The first-order valence-corrected chi connectivity index (χ1v) is 6.55. The van der Waals surface area contributed by atoms with Crippen LogP contribution < -0.4 is 0 Å². The predicted octanol–water partition coefficient (Wildman–Crippen LogP) is 5.14. The van der Waals surface area contributed by atoms with E-state index in [1.807, 2.05) is 42.5 Å². The van der Waals surface area contributed by atoms with E-state index >= 15 is 0 Å². The van der Waals surface area contributed by atoms with Crippen LogP contribution in [-0.2, 0) is 6.42 Å². The number of benzene rings is 2. The van der Waals surface area contributed by atoms with Gasteiger partial charge in [-0.15, -0.1) is 0 Å². The van der Waals surface area contributed by atoms with Crippen LogP contribution in [0.2, 0.25) is 10.0 Å². The van der Waals surface area contributed by atoms with Crippen molar-refractivity contribution >= 4 is 29.3 Å². The summed E-state index contributed by atoms with van der Waals surface area (Å²) in [6, 6.07) is 17.2. The van der Waals surface area contributed by atoms with Gasteiger partial charge in [-0.2, -0.15) is 5.26 Å². The maximum atomic E-state index is 9.23. The number of nitrogens with zero attached hydrogens (tertiary/aromatic N) is 1. The molecule has 0 fully saturated rings. The van der Waals surface area contributed by atoms with Gasteiger partial charge < -0.3 is 0 Å². The molecule has 2 rings (SSSR count). The largest absolute Gasteiger partial charge is 0.193 e. The van der Waals surface area contributed by atoms with Crippen LogP contribution in [0.3, 0.4) is 0 Å². The van der Waals surface area contributed by atoms with Crippen LogP contribution >= 0.6 is 23.2 Å². The second-order valence-corrected chi connectivity index (χ2v) is 4.89. The first kappa shape index (κ1) is 13.7. The highest BCUT2D eigenvalue weighted by Gasteiger charge is 2.04. The van der Waals surface area contributed by atoms with Crippen molar-refractivity contribution in [2.75, 3.05) is 0 Å². The Kier molecular flexibility index (Phi) is 4.63. The second-order valence-electron chi connectivity index (χ2n) is 4.07. The van der Waals surface area contributed by atoms with Crippen molar-refractivity contribution in [2.45, 2.75) is 6.42 Å². The van der Waals surface area contributed by atoms with E-state index in [4.69, 9.17) is 23.2 Å². The van der Waals surface area contributed by atoms with Crippen LogP contribution in [0.4, 0.5) is 0 Å². The molecule has 0 saturated heterocycles. The number of rotatable bonds is 3. The third kappa shape index (κ3) is 3.61. The molecule has 2 aromatic rings. The summed E-state index contributed by atoms with van der Waals surface area (Å²) in [7, 11) is 0. The number of allylic oxidation sites excluding steroid dienone is 1. The van der Waals surface area contributed by atoms with E-state index in [0.717, 1.165) is 11.1 Å². The van der Waals surface area contributed by atoms with E-state index in [2.05, 4.69) is 6.07 Å². The molecule has 0 saturated carbocycles. The van der Waals surface area contributed by atoms with Crippen molar-refractivity contribution in [3.05, 3.63) is 75.3 Å². The molecule has 1 nitrogen and oxygen atoms in total. The average Bonchev–Trinajstić information content (AvgIpc) is 2.42. The molecule has 0 bridgehead atoms. The van der Waals surface area contributed by atoms with Crippen molar-refractivity contribution in [2.24, 2.45) is 0 Å². The van der Waals surface area contributed by atoms with E-state index in [0.29, 0.717) is 22.0 Å². The lowest BCUT2D eigenvalue weighted by molar-refractivity contribution is 1.21. The minimum Gasteiger partial charge on any atom is -0.193 e. The predicted molar refractivity (Wildman–Crippen MR) is 80.2 cm³/mol. The molecule has 0 radical (unpaired) electrons. The van der Waals surface area contributed by atoms with Gasteiger partial charge in [0.1, 0.15) is 0 Å². The minimum atomic E-state index is 0.501. The molecule has 0 amide bonds. The minimum absolute atomic E-state index is 0.501. The van der Waals surface area contributed by atoms with Crippen molar-refractivity contribution in [1.82, 2.24) is 0 Å². The van der Waals surface area contributed by atoms with Gasteiger partial charge in [0.15, 0.2) is 0 Å². The molecule has 19 heavy (non-hydrogen) atoms. The van der Waals surface area contributed by atoms with Crippen molar-refractivity contribution in [3.63, 3.8) is 0 Å². The summed E-state index contributed by atoms with van der Waals surface area (Å²) >= 11 is 12.2. The average molecular weight is 288 g/mol. The Labute approximate surface area is 122 Å². The van der Waals surface area contributed by atoms with Gasteiger partial charge in [0.2, 0.25) is 0 Å². The summed E-state index contributed by atoms with van der Waals surface area (Å²) in [5, 5.41) is 10.5. The topological polar surface area (TPSA) is 23.8 Å². The second kappa shape index (κ2) is 6.43. The quantitative estimate of drug-likeness (QED) is 0.717. The van der Waals surface area contributed by atoms with Gasteiger partial charge >= 0.3 is 0 Å². The van der Waals surface area contributed by atoms with E-state index in [1.54, 1.807) is 12.1 Å². The molecular formula is C16H11Cl2N. The van der Waals surface area contributed by atoms with Crippen molar-refractivity contribution < 1.29 is 0 Å². The first-order valence-electron chi connectivity index (χ1n) is 5.79. The molecule has 0 aliphatic heterocycles. The maximum Gasteiger partial charge on any atom is 0.0950 e. The third-order valence-corrected chi connectivity index (χ3v) is 3.43. The fourth-order valence-corrected chi connectivity index (χ4v) is 2.14. The molecule has 0 spiro atoms. The summed E-state index contributed by atoms with van der Waals surface area (Å²) < 4.78 is 0. The Hall–Kier alpha value is -1.75. The highest BCUT2D eigenvalue weighted by molar-refractivity contribution is 6.32. The molecule has 0 heterocycles. The fraction of sp³-hybridized carbons (Fsp3) is 0.0625. The number of hydrogen-bond donors (Lipinski definition) is 0. The summed E-state index contributed by atoms with van der Waals surface area (Å²) in [6.07, 6.45) is 2.30. The summed E-state index contributed by atoms with van der Waals surface area (Å²) in [5.41, 5.74) is 2.40. The van der Waals surface area contributed by atoms with E-state index in [-0.39, 0.29) is 0 Å². The van der Waals surface area contributed by atoms with Gasteiger partial charge in [-0.3, -0.25) is 0 Å². The van der Waals surface area contributed by atoms with Crippen LogP contribution in [0, 0.1) is 11.3 Å². The van der Waals surface area contributed by atoms with Crippen LogP contribution in [0.1, 0.15) is 11.1 Å². The van der Waals surface area contributed by atoms with E-state index < -0.39 is 0 Å². The Morgan fingerprint density at radius 2 is 1.63 bits per heavy atom. The van der Waals surface area contributed by atoms with Crippen LogP contribution in [0.25, 0.3) is 6.08 Å². The molecule has 2 aromatic carbocycles. The monoisotopic (exact) mass is 287 g/mol. The van der Waals surface area contributed by atoms with Crippen LogP contribution in [0.5, 0.6) is 0 Å². The smallest absolute Gasteiger partial charge is 0.0950 e. The lowest BCUT2D eigenvalue weighted by Crippen LogP contribution is -1.90. The summed E-state index contributed by atoms with van der Waals surface area (Å²) in [5.74, 6) is 0. The lowest BCUT2D eigenvalue weighted by atomic mass is 10.0. The zero-order chi connectivity index (χ0) is 13.7. The zero-order valence-corrected chi connectivity index (χ0v) is 11.6. The zero-order valence-electron chi connectivity index (χ0n) is 10.1. The molecule has 0 aromatic heterocycles. The first-order chi connectivity index (χ1) is 9.20. The normalized spacial score (nSPS) is 11.1. The molecule has 0 aliphatic rings. The Morgan fingerprint density at radius 1 is 1.00 bits per heavy atom. The molecule has 0 unspecified atom stereocenters. The van der Waals surface area contributed by atoms with Gasteiger partial charge in [-0.25, -0.2) is 0 Å². The summed E-state index contributed by atoms with van der Waals surface area (Å²) in [6.45, 7) is 0. The standard InChI is InChI=1S/C16H11Cl2N/c17-15-7-3-1-5-13(15)9-12(11-19)10-14-6-2-4-8-16(14)18/h1-9H,10H2/b12-9-. The van der Waals surface area contributed by atoms with Crippen LogP contribution in [0.15, 0.2) is 54.1 Å². The maximum absolute atomic E-state index is 9.23. The Morgan fingerprint density at radius 3 is 2.26 bits per heavy atom. The van der Waals surface area contributed by atoms with Gasteiger partial charge in [0.25, 0.3) is 0 Å². The molecule has 3 heteroatoms. The van der Waals surface area contributed by atoms with Crippen molar-refractivity contribution in [3.8, 4) is 6.07 Å². The SMILES string of the molecule is N#C/C(=C\c1ccccc1Cl)Cc1ccccc1Cl. The molecule has 0 atom stereocenters. The van der Waals surface area contributed by atoms with Gasteiger partial charge in [0, 0.05) is 22.0 Å². The highest BCUT2D eigenvalue weighted by atomic mass is 35.5.